The molecule has 0 bridgehead atoms. The zero-order valence-electron chi connectivity index (χ0n) is 15.0. The van der Waals surface area contributed by atoms with Crippen LogP contribution in [0, 0.1) is 0 Å². The van der Waals surface area contributed by atoms with Gasteiger partial charge >= 0.3 is 0 Å². The minimum absolute atomic E-state index is 0.0134. The molecule has 0 aliphatic rings. The Morgan fingerprint density at radius 2 is 1.56 bits per heavy atom. The van der Waals surface area contributed by atoms with Crippen LogP contribution < -0.4 is 10.9 Å². The van der Waals surface area contributed by atoms with E-state index >= 15 is 0 Å². The summed E-state index contributed by atoms with van der Waals surface area (Å²) in [4.78, 5) is 23.7. The second kappa shape index (κ2) is 9.50. The van der Waals surface area contributed by atoms with E-state index < -0.39 is 0 Å². The third-order valence-corrected chi connectivity index (χ3v) is 4.07. The molecule has 0 aliphatic heterocycles. The maximum Gasteiger partial charge on any atom is 0.250 e. The monoisotopic (exact) mass is 362 g/mol. The van der Waals surface area contributed by atoms with E-state index in [1.807, 2.05) is 54.6 Å². The van der Waals surface area contributed by atoms with Crippen LogP contribution in [0.25, 0.3) is 0 Å². The summed E-state index contributed by atoms with van der Waals surface area (Å²) in [6.45, 7) is 1.50. The Morgan fingerprint density at radius 3 is 2.37 bits per heavy atom. The normalized spacial score (nSPS) is 10.5. The van der Waals surface area contributed by atoms with Gasteiger partial charge in [0, 0.05) is 18.8 Å². The summed E-state index contributed by atoms with van der Waals surface area (Å²) in [6, 6.07) is 22.8. The lowest BCUT2D eigenvalue weighted by molar-refractivity contribution is -0.121. The van der Waals surface area contributed by atoms with Crippen LogP contribution >= 0.6 is 0 Å². The van der Waals surface area contributed by atoms with Gasteiger partial charge in [0.2, 0.25) is 5.91 Å². The predicted octanol–water partition coefficient (Wildman–Crippen LogP) is 2.88. The average Bonchev–Trinajstić information content (AvgIpc) is 2.69. The van der Waals surface area contributed by atoms with Gasteiger partial charge in [-0.05, 0) is 22.8 Å². The Balaban J connectivity index is 1.48. The van der Waals surface area contributed by atoms with E-state index in [0.717, 1.165) is 16.7 Å². The number of ether oxygens (including phenoxy) is 1. The lowest BCUT2D eigenvalue weighted by atomic mass is 10.1. The van der Waals surface area contributed by atoms with E-state index in [1.54, 1.807) is 18.3 Å². The Morgan fingerprint density at radius 1 is 0.852 bits per heavy atom. The summed E-state index contributed by atoms with van der Waals surface area (Å²) in [5.74, 6) is -0.200. The zero-order valence-corrected chi connectivity index (χ0v) is 15.0. The van der Waals surface area contributed by atoms with Gasteiger partial charge in [0.15, 0.2) is 0 Å². The van der Waals surface area contributed by atoms with Crippen molar-refractivity contribution in [2.24, 2.45) is 0 Å². The molecule has 5 heteroatoms. The molecule has 3 aromatic rings. The average molecular weight is 362 g/mol. The molecule has 0 saturated heterocycles. The number of hydrogen-bond donors (Lipinski definition) is 1. The number of nitrogens with zero attached hydrogens (tertiary/aromatic N) is 1. The van der Waals surface area contributed by atoms with E-state index in [1.165, 1.54) is 10.6 Å². The summed E-state index contributed by atoms with van der Waals surface area (Å²) in [6.07, 6.45) is 1.60. The van der Waals surface area contributed by atoms with Gasteiger partial charge in [-0.25, -0.2) is 0 Å². The van der Waals surface area contributed by atoms with E-state index in [9.17, 15) is 9.59 Å². The summed E-state index contributed by atoms with van der Waals surface area (Å²) in [5, 5.41) is 2.84. The summed E-state index contributed by atoms with van der Waals surface area (Å²) >= 11 is 0. The number of pyridine rings is 1. The van der Waals surface area contributed by atoms with Crippen LogP contribution in [-0.4, -0.2) is 10.5 Å². The molecule has 0 fully saturated rings. The van der Waals surface area contributed by atoms with Crippen LogP contribution in [0.1, 0.15) is 16.7 Å². The van der Waals surface area contributed by atoms with Gasteiger partial charge in [-0.3, -0.25) is 9.59 Å². The van der Waals surface area contributed by atoms with Crippen molar-refractivity contribution >= 4 is 5.91 Å². The molecule has 0 spiro atoms. The summed E-state index contributed by atoms with van der Waals surface area (Å²) in [7, 11) is 0. The first-order valence-corrected chi connectivity index (χ1v) is 8.82. The molecule has 1 aromatic heterocycles. The topological polar surface area (TPSA) is 60.3 Å². The van der Waals surface area contributed by atoms with Crippen molar-refractivity contribution in [1.82, 2.24) is 9.88 Å². The number of carbonyl (C=O) groups is 1. The molecular weight excluding hydrogens is 340 g/mol. The highest BCUT2D eigenvalue weighted by atomic mass is 16.5. The predicted molar refractivity (Wildman–Crippen MR) is 104 cm³/mol. The molecule has 3 rings (SSSR count). The molecule has 0 atom stereocenters. The first-order valence-electron chi connectivity index (χ1n) is 8.82. The Labute approximate surface area is 158 Å². The molecule has 0 unspecified atom stereocenters. The number of aromatic nitrogens is 1. The second-order valence-electron chi connectivity index (χ2n) is 6.24. The standard InChI is InChI=1S/C22H22N2O3/c25-21(15-24-12-5-4-11-22(24)26)23-14-19-9-6-10-20(13-19)17-27-16-18-7-2-1-3-8-18/h1-13H,14-17H2,(H,23,25). The van der Waals surface area contributed by atoms with Crippen LogP contribution in [0.4, 0.5) is 0 Å². The molecule has 0 radical (unpaired) electrons. The maximum atomic E-state index is 12.1. The third kappa shape index (κ3) is 5.94. The largest absolute Gasteiger partial charge is 0.372 e. The van der Waals surface area contributed by atoms with Gasteiger partial charge < -0.3 is 14.6 Å². The molecular formula is C22H22N2O3. The van der Waals surface area contributed by atoms with Crippen molar-refractivity contribution in [3.05, 3.63) is 106 Å². The fourth-order valence-corrected chi connectivity index (χ4v) is 2.69. The van der Waals surface area contributed by atoms with Gasteiger partial charge in [-0.15, -0.1) is 0 Å². The third-order valence-electron chi connectivity index (χ3n) is 4.07. The molecule has 1 heterocycles. The smallest absolute Gasteiger partial charge is 0.250 e. The van der Waals surface area contributed by atoms with Gasteiger partial charge in [-0.1, -0.05) is 60.7 Å². The Bertz CT molecular complexity index is 935. The second-order valence-corrected chi connectivity index (χ2v) is 6.24. The molecule has 5 nitrogen and oxygen atoms in total. The van der Waals surface area contributed by atoms with Crippen LogP contribution in [0.3, 0.4) is 0 Å². The van der Waals surface area contributed by atoms with Crippen LogP contribution in [0.2, 0.25) is 0 Å². The van der Waals surface area contributed by atoms with E-state index in [-0.39, 0.29) is 18.0 Å². The fourth-order valence-electron chi connectivity index (χ4n) is 2.69. The Hall–Kier alpha value is -3.18. The molecule has 1 N–H and O–H groups in total. The lowest BCUT2D eigenvalue weighted by Gasteiger charge is -2.09. The molecule has 0 saturated carbocycles. The number of amides is 1. The fraction of sp³-hybridized carbons (Fsp3) is 0.182. The summed E-state index contributed by atoms with van der Waals surface area (Å²) < 4.78 is 7.13. The van der Waals surface area contributed by atoms with Crippen LogP contribution in [-0.2, 0) is 35.8 Å². The molecule has 138 valence electrons. The molecule has 27 heavy (non-hydrogen) atoms. The van der Waals surface area contributed by atoms with Crippen molar-refractivity contribution in [1.29, 1.82) is 0 Å². The Kier molecular flexibility index (Phi) is 6.55. The molecule has 0 aliphatic carbocycles. The minimum atomic E-state index is -0.200. The first kappa shape index (κ1) is 18.6. The van der Waals surface area contributed by atoms with Gasteiger partial charge in [-0.2, -0.15) is 0 Å². The minimum Gasteiger partial charge on any atom is -0.372 e. The van der Waals surface area contributed by atoms with Crippen LogP contribution in [0.5, 0.6) is 0 Å². The number of carbonyl (C=O) groups excluding carboxylic acids is 1. The van der Waals surface area contributed by atoms with E-state index in [2.05, 4.69) is 5.32 Å². The van der Waals surface area contributed by atoms with Crippen molar-refractivity contribution < 1.29 is 9.53 Å². The molecule has 2 aromatic carbocycles. The van der Waals surface area contributed by atoms with Crippen molar-refractivity contribution in [2.45, 2.75) is 26.3 Å². The SMILES string of the molecule is O=C(Cn1ccccc1=O)NCc1cccc(COCc2ccccc2)c1. The number of hydrogen-bond acceptors (Lipinski definition) is 3. The van der Waals surface area contributed by atoms with Gasteiger partial charge in [0.1, 0.15) is 6.54 Å². The van der Waals surface area contributed by atoms with Gasteiger partial charge in [0.05, 0.1) is 13.2 Å². The van der Waals surface area contributed by atoms with E-state index in [0.29, 0.717) is 19.8 Å². The first-order chi connectivity index (χ1) is 13.2. The van der Waals surface area contributed by atoms with Crippen LogP contribution in [0.15, 0.2) is 83.8 Å². The highest BCUT2D eigenvalue weighted by molar-refractivity contribution is 5.75. The number of nitrogens with one attached hydrogen (secondary N) is 1. The van der Waals surface area contributed by atoms with Gasteiger partial charge in [0.25, 0.3) is 5.56 Å². The maximum absolute atomic E-state index is 12.1. The number of benzene rings is 2. The van der Waals surface area contributed by atoms with Crippen molar-refractivity contribution in [3.8, 4) is 0 Å². The quantitative estimate of drug-likeness (QED) is 0.670. The highest BCUT2D eigenvalue weighted by Gasteiger charge is 2.04. The van der Waals surface area contributed by atoms with Crippen molar-refractivity contribution in [3.63, 3.8) is 0 Å². The van der Waals surface area contributed by atoms with E-state index in [4.69, 9.17) is 4.74 Å². The lowest BCUT2D eigenvalue weighted by Crippen LogP contribution is -2.31. The summed E-state index contributed by atoms with van der Waals surface area (Å²) in [5.41, 5.74) is 2.99. The number of rotatable bonds is 8. The highest BCUT2D eigenvalue weighted by Crippen LogP contribution is 2.09. The van der Waals surface area contributed by atoms with Crippen molar-refractivity contribution in [2.75, 3.05) is 0 Å². The molecule has 1 amide bonds. The zero-order chi connectivity index (χ0) is 18.9.